The molecule has 1 aliphatic heterocycles. The summed E-state index contributed by atoms with van der Waals surface area (Å²) >= 11 is 1.59. The van der Waals surface area contributed by atoms with Crippen LogP contribution in [0.2, 0.25) is 0 Å². The molecule has 0 unspecified atom stereocenters. The first-order valence-corrected chi connectivity index (χ1v) is 8.98. The van der Waals surface area contributed by atoms with Gasteiger partial charge in [0.25, 0.3) is 0 Å². The fourth-order valence-corrected chi connectivity index (χ4v) is 3.63. The van der Waals surface area contributed by atoms with E-state index < -0.39 is 0 Å². The molecule has 1 fully saturated rings. The first kappa shape index (κ1) is 16.9. The molecule has 3 rings (SSSR count). The summed E-state index contributed by atoms with van der Waals surface area (Å²) in [7, 11) is 0. The zero-order valence-electron chi connectivity index (χ0n) is 14.3. The van der Waals surface area contributed by atoms with Crippen molar-refractivity contribution in [2.45, 2.75) is 20.8 Å². The summed E-state index contributed by atoms with van der Waals surface area (Å²) in [6, 6.07) is 6.39. The van der Waals surface area contributed by atoms with Crippen LogP contribution in [0.25, 0.3) is 11.3 Å². The smallest absolute Gasteiger partial charge is 0.228 e. The lowest BCUT2D eigenvalue weighted by molar-refractivity contribution is -0.139. The molecule has 0 atom stereocenters. The zero-order valence-corrected chi connectivity index (χ0v) is 15.1. The van der Waals surface area contributed by atoms with Crippen molar-refractivity contribution in [1.29, 1.82) is 0 Å². The topological polar surface area (TPSA) is 36.4 Å². The molecule has 0 spiro atoms. The van der Waals surface area contributed by atoms with Gasteiger partial charge in [-0.1, -0.05) is 20.8 Å². The van der Waals surface area contributed by atoms with Crippen LogP contribution in [-0.4, -0.2) is 42.0 Å². The zero-order chi connectivity index (χ0) is 17.3. The van der Waals surface area contributed by atoms with Gasteiger partial charge in [0.15, 0.2) is 5.13 Å². The quantitative estimate of drug-likeness (QED) is 0.832. The number of carbonyl (C=O) groups is 1. The lowest BCUT2D eigenvalue weighted by Crippen LogP contribution is -2.51. The first-order valence-electron chi connectivity index (χ1n) is 8.10. The number of benzene rings is 1. The van der Waals surface area contributed by atoms with Crippen molar-refractivity contribution >= 4 is 22.4 Å². The van der Waals surface area contributed by atoms with Gasteiger partial charge in [0, 0.05) is 42.5 Å². The van der Waals surface area contributed by atoms with Crippen molar-refractivity contribution in [3.63, 3.8) is 0 Å². The highest BCUT2D eigenvalue weighted by Crippen LogP contribution is 2.28. The molecule has 6 heteroatoms. The van der Waals surface area contributed by atoms with E-state index in [0.717, 1.165) is 42.6 Å². The number of anilines is 1. The number of carbonyl (C=O) groups excluding carboxylic acids is 1. The molecule has 0 N–H and O–H groups in total. The summed E-state index contributed by atoms with van der Waals surface area (Å²) in [5, 5.41) is 2.95. The van der Waals surface area contributed by atoms with Crippen LogP contribution in [0.1, 0.15) is 20.8 Å². The number of halogens is 1. The minimum atomic E-state index is -0.334. The Morgan fingerprint density at radius 2 is 1.75 bits per heavy atom. The number of hydrogen-bond donors (Lipinski definition) is 0. The van der Waals surface area contributed by atoms with Crippen molar-refractivity contribution in [3.8, 4) is 11.3 Å². The average molecular weight is 347 g/mol. The van der Waals surface area contributed by atoms with Crippen LogP contribution in [0, 0.1) is 11.2 Å². The Morgan fingerprint density at radius 1 is 1.12 bits per heavy atom. The highest BCUT2D eigenvalue weighted by Gasteiger charge is 2.30. The number of hydrogen-bond acceptors (Lipinski definition) is 4. The number of aromatic nitrogens is 1. The second-order valence-corrected chi connectivity index (χ2v) is 7.89. The fourth-order valence-electron chi connectivity index (χ4n) is 2.74. The minimum absolute atomic E-state index is 0.202. The SMILES string of the molecule is CC(C)(C)C(=O)N1CCN(c2nc(-c3ccc(F)cc3)cs2)CC1. The molecule has 128 valence electrons. The number of nitrogens with zero attached hydrogens (tertiary/aromatic N) is 3. The van der Waals surface area contributed by atoms with Gasteiger partial charge in [-0.15, -0.1) is 11.3 Å². The van der Waals surface area contributed by atoms with Gasteiger partial charge in [0.2, 0.25) is 5.91 Å². The highest BCUT2D eigenvalue weighted by atomic mass is 32.1. The van der Waals surface area contributed by atoms with E-state index in [4.69, 9.17) is 0 Å². The maximum Gasteiger partial charge on any atom is 0.228 e. The third kappa shape index (κ3) is 3.59. The number of thiazole rings is 1. The van der Waals surface area contributed by atoms with E-state index in [-0.39, 0.29) is 17.1 Å². The van der Waals surface area contributed by atoms with Gasteiger partial charge in [0.05, 0.1) is 5.69 Å². The molecule has 0 aliphatic carbocycles. The summed E-state index contributed by atoms with van der Waals surface area (Å²) in [6.07, 6.45) is 0. The maximum atomic E-state index is 13.0. The van der Waals surface area contributed by atoms with Crippen LogP contribution in [0.5, 0.6) is 0 Å². The molecule has 0 radical (unpaired) electrons. The largest absolute Gasteiger partial charge is 0.345 e. The standard InChI is InChI=1S/C18H22FN3OS/c1-18(2,3)16(23)21-8-10-22(11-9-21)17-20-15(12-24-17)13-4-6-14(19)7-5-13/h4-7,12H,8-11H2,1-3H3. The lowest BCUT2D eigenvalue weighted by Gasteiger charge is -2.37. The fraction of sp³-hybridized carbons (Fsp3) is 0.444. The van der Waals surface area contributed by atoms with E-state index >= 15 is 0 Å². The molecular weight excluding hydrogens is 325 g/mol. The van der Waals surface area contributed by atoms with E-state index in [9.17, 15) is 9.18 Å². The monoisotopic (exact) mass is 347 g/mol. The molecular formula is C18H22FN3OS. The first-order chi connectivity index (χ1) is 11.3. The van der Waals surface area contributed by atoms with E-state index in [1.165, 1.54) is 12.1 Å². The summed E-state index contributed by atoms with van der Waals surface area (Å²) in [5.41, 5.74) is 1.45. The Kier molecular flexibility index (Phi) is 4.58. The predicted molar refractivity (Wildman–Crippen MR) is 95.8 cm³/mol. The Labute approximate surface area is 145 Å². The molecule has 1 aromatic carbocycles. The third-order valence-electron chi connectivity index (χ3n) is 4.11. The molecule has 2 aromatic rings. The Hall–Kier alpha value is -1.95. The van der Waals surface area contributed by atoms with Gasteiger partial charge in [-0.25, -0.2) is 9.37 Å². The van der Waals surface area contributed by atoms with Crippen molar-refractivity contribution in [2.24, 2.45) is 5.41 Å². The normalized spacial score (nSPS) is 15.7. The van der Waals surface area contributed by atoms with Crippen LogP contribution in [0.15, 0.2) is 29.6 Å². The van der Waals surface area contributed by atoms with Gasteiger partial charge in [0.1, 0.15) is 5.82 Å². The Bertz CT molecular complexity index is 713. The van der Waals surface area contributed by atoms with Gasteiger partial charge in [-0.2, -0.15) is 0 Å². The van der Waals surface area contributed by atoms with Gasteiger partial charge in [-0.05, 0) is 24.3 Å². The molecule has 0 bridgehead atoms. The van der Waals surface area contributed by atoms with Crippen LogP contribution >= 0.6 is 11.3 Å². The highest BCUT2D eigenvalue weighted by molar-refractivity contribution is 7.14. The number of rotatable bonds is 2. The van der Waals surface area contributed by atoms with Crippen molar-refractivity contribution in [1.82, 2.24) is 9.88 Å². The summed E-state index contributed by atoms with van der Waals surface area (Å²) in [6.45, 7) is 8.89. The average Bonchev–Trinajstić information content (AvgIpc) is 3.04. The van der Waals surface area contributed by atoms with Crippen LogP contribution in [0.3, 0.4) is 0 Å². The van der Waals surface area contributed by atoms with E-state index in [1.54, 1.807) is 23.5 Å². The van der Waals surface area contributed by atoms with Crippen molar-refractivity contribution in [2.75, 3.05) is 31.1 Å². The molecule has 1 aliphatic rings. The van der Waals surface area contributed by atoms with Gasteiger partial charge in [-0.3, -0.25) is 4.79 Å². The van der Waals surface area contributed by atoms with Gasteiger partial charge >= 0.3 is 0 Å². The second-order valence-electron chi connectivity index (χ2n) is 7.05. The molecule has 4 nitrogen and oxygen atoms in total. The maximum absolute atomic E-state index is 13.0. The lowest BCUT2D eigenvalue weighted by atomic mass is 9.94. The van der Waals surface area contributed by atoms with E-state index in [0.29, 0.717) is 0 Å². The number of piperazine rings is 1. The molecule has 0 saturated carbocycles. The Morgan fingerprint density at radius 3 is 2.33 bits per heavy atom. The predicted octanol–water partition coefficient (Wildman–Crippen LogP) is 3.64. The summed E-state index contributed by atoms with van der Waals surface area (Å²) < 4.78 is 13.0. The minimum Gasteiger partial charge on any atom is -0.345 e. The van der Waals surface area contributed by atoms with Crippen LogP contribution < -0.4 is 4.90 Å². The van der Waals surface area contributed by atoms with E-state index in [1.807, 2.05) is 31.1 Å². The van der Waals surface area contributed by atoms with Crippen molar-refractivity contribution < 1.29 is 9.18 Å². The molecule has 1 aromatic heterocycles. The second kappa shape index (κ2) is 6.51. The third-order valence-corrected chi connectivity index (χ3v) is 5.01. The van der Waals surface area contributed by atoms with Gasteiger partial charge < -0.3 is 9.80 Å². The van der Waals surface area contributed by atoms with Crippen LogP contribution in [-0.2, 0) is 4.79 Å². The molecule has 1 saturated heterocycles. The van der Waals surface area contributed by atoms with Crippen LogP contribution in [0.4, 0.5) is 9.52 Å². The molecule has 2 heterocycles. The Balaban J connectivity index is 1.65. The summed E-state index contributed by atoms with van der Waals surface area (Å²) in [4.78, 5) is 21.2. The van der Waals surface area contributed by atoms with Crippen molar-refractivity contribution in [3.05, 3.63) is 35.5 Å². The number of amides is 1. The summed E-state index contributed by atoms with van der Waals surface area (Å²) in [5.74, 6) is -0.0397. The molecule has 1 amide bonds. The molecule has 24 heavy (non-hydrogen) atoms. The van der Waals surface area contributed by atoms with E-state index in [2.05, 4.69) is 9.88 Å².